The summed E-state index contributed by atoms with van der Waals surface area (Å²) >= 11 is 0. The van der Waals surface area contributed by atoms with Gasteiger partial charge in [0, 0.05) is 0 Å². The summed E-state index contributed by atoms with van der Waals surface area (Å²) in [5.41, 5.74) is 5.95. The second-order valence-electron chi connectivity index (χ2n) is 8.06. The SMILES string of the molecule is C=C[C@@H](C)C/C=C(\C/C=C(/C)CCC=C(C)C)[C@H](C)CCC=C(C)C. The van der Waals surface area contributed by atoms with Gasteiger partial charge in [0.15, 0.2) is 0 Å². The highest BCUT2D eigenvalue weighted by molar-refractivity contribution is 5.15. The molecule has 0 heteroatoms. The van der Waals surface area contributed by atoms with Crippen molar-refractivity contribution in [1.82, 2.24) is 0 Å². The minimum absolute atomic E-state index is 0.558. The molecule has 0 unspecified atom stereocenters. The first-order valence-corrected chi connectivity index (χ1v) is 10.00. The molecule has 0 nitrogen and oxygen atoms in total. The Morgan fingerprint density at radius 3 is 2.00 bits per heavy atom. The predicted octanol–water partition coefficient (Wildman–Crippen LogP) is 8.59. The van der Waals surface area contributed by atoms with Crippen LogP contribution in [0.1, 0.15) is 87.0 Å². The molecule has 0 saturated carbocycles. The second-order valence-corrected chi connectivity index (χ2v) is 8.06. The Morgan fingerprint density at radius 2 is 1.44 bits per heavy atom. The highest BCUT2D eigenvalue weighted by atomic mass is 14.1. The van der Waals surface area contributed by atoms with E-state index in [0.717, 1.165) is 19.3 Å². The maximum absolute atomic E-state index is 3.92. The molecule has 0 aromatic rings. The maximum Gasteiger partial charge on any atom is -0.0134 e. The van der Waals surface area contributed by atoms with E-state index in [0.29, 0.717) is 11.8 Å². The van der Waals surface area contributed by atoms with Crippen molar-refractivity contribution in [2.24, 2.45) is 11.8 Å². The van der Waals surface area contributed by atoms with Gasteiger partial charge in [0.2, 0.25) is 0 Å². The van der Waals surface area contributed by atoms with E-state index in [1.165, 1.54) is 36.0 Å². The summed E-state index contributed by atoms with van der Waals surface area (Å²) in [4.78, 5) is 0. The molecule has 0 aromatic carbocycles. The van der Waals surface area contributed by atoms with E-state index in [2.05, 4.69) is 85.4 Å². The van der Waals surface area contributed by atoms with Crippen LogP contribution in [-0.4, -0.2) is 0 Å². The van der Waals surface area contributed by atoms with E-state index in [1.54, 1.807) is 5.57 Å². The molecule has 0 amide bonds. The zero-order valence-electron chi connectivity index (χ0n) is 18.0. The van der Waals surface area contributed by atoms with Gasteiger partial charge >= 0.3 is 0 Å². The Morgan fingerprint density at radius 1 is 0.840 bits per heavy atom. The first-order chi connectivity index (χ1) is 11.8. The summed E-state index contributed by atoms with van der Waals surface area (Å²) in [7, 11) is 0. The summed E-state index contributed by atoms with van der Waals surface area (Å²) < 4.78 is 0. The lowest BCUT2D eigenvalue weighted by Gasteiger charge is -2.16. The molecule has 0 fully saturated rings. The molecule has 0 saturated heterocycles. The van der Waals surface area contributed by atoms with Gasteiger partial charge in [-0.3, -0.25) is 0 Å². The summed E-state index contributed by atoms with van der Waals surface area (Å²) in [5, 5.41) is 0. The minimum atomic E-state index is 0.558. The van der Waals surface area contributed by atoms with Crippen molar-refractivity contribution in [3.05, 3.63) is 59.3 Å². The molecule has 0 aliphatic carbocycles. The van der Waals surface area contributed by atoms with Crippen molar-refractivity contribution in [1.29, 1.82) is 0 Å². The predicted molar refractivity (Wildman–Crippen MR) is 117 cm³/mol. The number of rotatable bonds is 12. The molecule has 0 rings (SSSR count). The average molecular weight is 343 g/mol. The average Bonchev–Trinajstić information content (AvgIpc) is 2.53. The van der Waals surface area contributed by atoms with Crippen molar-refractivity contribution < 1.29 is 0 Å². The lowest BCUT2D eigenvalue weighted by molar-refractivity contribution is 0.600. The van der Waals surface area contributed by atoms with E-state index >= 15 is 0 Å². The normalized spacial score (nSPS) is 14.7. The van der Waals surface area contributed by atoms with Gasteiger partial charge in [0.25, 0.3) is 0 Å². The third kappa shape index (κ3) is 13.6. The quantitative estimate of drug-likeness (QED) is 0.311. The van der Waals surface area contributed by atoms with Crippen molar-refractivity contribution in [2.45, 2.75) is 87.0 Å². The summed E-state index contributed by atoms with van der Waals surface area (Å²) in [6, 6.07) is 0. The van der Waals surface area contributed by atoms with Gasteiger partial charge in [0.1, 0.15) is 0 Å². The van der Waals surface area contributed by atoms with Gasteiger partial charge in [0.05, 0.1) is 0 Å². The molecule has 25 heavy (non-hydrogen) atoms. The van der Waals surface area contributed by atoms with Crippen molar-refractivity contribution in [3.63, 3.8) is 0 Å². The van der Waals surface area contributed by atoms with Crippen LogP contribution in [0.25, 0.3) is 0 Å². The summed E-state index contributed by atoms with van der Waals surface area (Å²) in [5.74, 6) is 1.21. The first kappa shape index (κ1) is 23.7. The molecule has 0 heterocycles. The number of allylic oxidation sites excluding steroid dienone is 9. The largest absolute Gasteiger partial charge is 0.103 e. The molecular weight excluding hydrogens is 300 g/mol. The van der Waals surface area contributed by atoms with Gasteiger partial charge in [-0.1, -0.05) is 66.5 Å². The molecule has 0 aliphatic rings. The molecule has 0 bridgehead atoms. The molecule has 0 aromatic heterocycles. The van der Waals surface area contributed by atoms with Crippen LogP contribution >= 0.6 is 0 Å². The van der Waals surface area contributed by atoms with Gasteiger partial charge in [-0.15, -0.1) is 6.58 Å². The summed E-state index contributed by atoms with van der Waals surface area (Å²) in [6.45, 7) is 19.5. The first-order valence-electron chi connectivity index (χ1n) is 10.00. The van der Waals surface area contributed by atoms with Crippen LogP contribution in [0.2, 0.25) is 0 Å². The Kier molecular flexibility index (Phi) is 13.2. The van der Waals surface area contributed by atoms with E-state index in [4.69, 9.17) is 0 Å². The molecule has 142 valence electrons. The fourth-order valence-corrected chi connectivity index (χ4v) is 2.71. The highest BCUT2D eigenvalue weighted by Gasteiger charge is 2.08. The molecule has 0 radical (unpaired) electrons. The van der Waals surface area contributed by atoms with Crippen molar-refractivity contribution in [2.75, 3.05) is 0 Å². The van der Waals surface area contributed by atoms with Crippen LogP contribution in [0.5, 0.6) is 0 Å². The standard InChI is InChI=1S/C25H42/c1-9-22(6)16-18-25(24(8)15-11-13-21(4)5)19-17-23(7)14-10-12-20(2)3/h9,12-13,17-18,22,24H,1,10-11,14-16,19H2,2-8H3/b23-17-,25-18+/t22-,24-/m1/s1. The lowest BCUT2D eigenvalue weighted by Crippen LogP contribution is -2.00. The highest BCUT2D eigenvalue weighted by Crippen LogP contribution is 2.24. The third-order valence-corrected chi connectivity index (χ3v) is 4.72. The van der Waals surface area contributed by atoms with Crippen LogP contribution in [-0.2, 0) is 0 Å². The monoisotopic (exact) mass is 342 g/mol. The van der Waals surface area contributed by atoms with Gasteiger partial charge in [-0.25, -0.2) is 0 Å². The van der Waals surface area contributed by atoms with E-state index in [9.17, 15) is 0 Å². The minimum Gasteiger partial charge on any atom is -0.103 e. The van der Waals surface area contributed by atoms with Gasteiger partial charge < -0.3 is 0 Å². The second kappa shape index (κ2) is 13.9. The topological polar surface area (TPSA) is 0 Å². The Hall–Kier alpha value is -1.30. The van der Waals surface area contributed by atoms with Crippen LogP contribution in [0.15, 0.2) is 59.3 Å². The number of hydrogen-bond acceptors (Lipinski definition) is 0. The third-order valence-electron chi connectivity index (χ3n) is 4.72. The summed E-state index contributed by atoms with van der Waals surface area (Å²) in [6.07, 6.45) is 18.6. The maximum atomic E-state index is 3.92. The molecular formula is C25H42. The van der Waals surface area contributed by atoms with E-state index in [1.807, 2.05) is 0 Å². The van der Waals surface area contributed by atoms with E-state index < -0.39 is 0 Å². The van der Waals surface area contributed by atoms with Crippen molar-refractivity contribution in [3.8, 4) is 0 Å². The van der Waals surface area contributed by atoms with Crippen LogP contribution in [0, 0.1) is 11.8 Å². The van der Waals surface area contributed by atoms with Crippen LogP contribution < -0.4 is 0 Å². The molecule has 0 spiro atoms. The Bertz CT molecular complexity index is 488. The molecule has 2 atom stereocenters. The molecule has 0 N–H and O–H groups in total. The smallest absolute Gasteiger partial charge is 0.0134 e. The lowest BCUT2D eigenvalue weighted by atomic mass is 9.90. The van der Waals surface area contributed by atoms with E-state index in [-0.39, 0.29) is 0 Å². The zero-order valence-corrected chi connectivity index (χ0v) is 18.0. The number of hydrogen-bond donors (Lipinski definition) is 0. The Balaban J connectivity index is 4.85. The Labute approximate surface area is 158 Å². The van der Waals surface area contributed by atoms with Crippen LogP contribution in [0.3, 0.4) is 0 Å². The van der Waals surface area contributed by atoms with Gasteiger partial charge in [-0.05, 0) is 85.0 Å². The molecule has 0 aliphatic heterocycles. The zero-order chi connectivity index (χ0) is 19.2. The fourth-order valence-electron chi connectivity index (χ4n) is 2.71. The van der Waals surface area contributed by atoms with Gasteiger partial charge in [-0.2, -0.15) is 0 Å². The fraction of sp³-hybridized carbons (Fsp3) is 0.600. The van der Waals surface area contributed by atoms with Crippen molar-refractivity contribution >= 4 is 0 Å². The van der Waals surface area contributed by atoms with Crippen LogP contribution in [0.4, 0.5) is 0 Å².